The molecule has 0 amide bonds. The molecule has 0 saturated heterocycles. The van der Waals surface area contributed by atoms with E-state index in [4.69, 9.17) is 10.4 Å². The number of carboxylic acid groups (broad SMARTS) is 1. The first-order chi connectivity index (χ1) is 6.57. The van der Waals surface area contributed by atoms with Crippen molar-refractivity contribution in [1.29, 1.82) is 5.26 Å². The molecule has 0 saturated carbocycles. The van der Waals surface area contributed by atoms with E-state index in [-0.39, 0.29) is 11.1 Å². The molecule has 1 rings (SSSR count). The van der Waals surface area contributed by atoms with Gasteiger partial charge in [-0.2, -0.15) is 5.26 Å². The molecular weight excluding hydrogens is 182 g/mol. The fraction of sp³-hybridized carbons (Fsp3) is 0.200. The molecule has 1 aromatic rings. The fourth-order valence-corrected chi connectivity index (χ4v) is 1.26. The average Bonchev–Trinajstić information content (AvgIpc) is 2.16. The van der Waals surface area contributed by atoms with E-state index >= 15 is 0 Å². The summed E-state index contributed by atoms with van der Waals surface area (Å²) in [4.78, 5) is 10.6. The molecule has 4 heteroatoms. The summed E-state index contributed by atoms with van der Waals surface area (Å²) in [6, 6.07) is 6.63. The first-order valence-electron chi connectivity index (χ1n) is 3.98. The third-order valence-electron chi connectivity index (χ3n) is 1.95. The summed E-state index contributed by atoms with van der Waals surface area (Å²) in [6.45, 7) is 1.66. The Morgan fingerprint density at radius 2 is 2.21 bits per heavy atom. The maximum atomic E-state index is 10.6. The maximum Gasteiger partial charge on any atom is 0.337 e. The molecule has 0 radical (unpaired) electrons. The zero-order valence-electron chi connectivity index (χ0n) is 7.56. The van der Waals surface area contributed by atoms with Gasteiger partial charge in [0.15, 0.2) is 6.10 Å². The van der Waals surface area contributed by atoms with E-state index in [1.54, 1.807) is 19.1 Å². The van der Waals surface area contributed by atoms with Gasteiger partial charge in [0, 0.05) is 5.56 Å². The lowest BCUT2D eigenvalue weighted by Gasteiger charge is -2.10. The van der Waals surface area contributed by atoms with E-state index in [9.17, 15) is 9.90 Å². The van der Waals surface area contributed by atoms with Gasteiger partial charge in [-0.15, -0.1) is 0 Å². The Morgan fingerprint density at radius 1 is 1.57 bits per heavy atom. The highest BCUT2D eigenvalue weighted by atomic mass is 16.4. The van der Waals surface area contributed by atoms with Gasteiger partial charge in [-0.3, -0.25) is 0 Å². The Hall–Kier alpha value is -1.86. The smallest absolute Gasteiger partial charge is 0.337 e. The lowest BCUT2D eigenvalue weighted by Crippen LogP contribution is -2.13. The quantitative estimate of drug-likeness (QED) is 0.730. The zero-order chi connectivity index (χ0) is 10.7. The van der Waals surface area contributed by atoms with Crippen LogP contribution in [0.3, 0.4) is 0 Å². The van der Waals surface area contributed by atoms with Crippen LogP contribution in [-0.4, -0.2) is 16.2 Å². The number of hydrogen-bond acceptors (Lipinski definition) is 3. The Balaban J connectivity index is 3.32. The Bertz CT molecular complexity index is 406. The van der Waals surface area contributed by atoms with Crippen LogP contribution >= 0.6 is 0 Å². The lowest BCUT2D eigenvalue weighted by molar-refractivity contribution is -0.147. The Kier molecular flexibility index (Phi) is 2.85. The molecule has 2 N–H and O–H groups in total. The van der Waals surface area contributed by atoms with Crippen molar-refractivity contribution in [1.82, 2.24) is 0 Å². The molecule has 14 heavy (non-hydrogen) atoms. The number of carbonyl (C=O) groups is 1. The molecule has 0 heterocycles. The normalized spacial score (nSPS) is 11.8. The molecule has 0 bridgehead atoms. The van der Waals surface area contributed by atoms with Crippen LogP contribution in [0.2, 0.25) is 0 Å². The van der Waals surface area contributed by atoms with Crippen LogP contribution in [0.1, 0.15) is 22.8 Å². The minimum Gasteiger partial charge on any atom is -0.479 e. The first kappa shape index (κ1) is 10.2. The molecule has 72 valence electrons. The predicted octanol–water partition coefficient (Wildman–Crippen LogP) is 0.985. The van der Waals surface area contributed by atoms with Crippen molar-refractivity contribution >= 4 is 5.97 Å². The zero-order valence-corrected chi connectivity index (χ0v) is 7.56. The number of rotatable bonds is 2. The third kappa shape index (κ3) is 1.73. The van der Waals surface area contributed by atoms with Gasteiger partial charge in [-0.05, 0) is 18.6 Å². The van der Waals surface area contributed by atoms with E-state index in [0.29, 0.717) is 5.56 Å². The number of hydrogen-bond donors (Lipinski definition) is 2. The van der Waals surface area contributed by atoms with Crippen LogP contribution in [0.4, 0.5) is 0 Å². The second-order valence-corrected chi connectivity index (χ2v) is 2.89. The highest BCUT2D eigenvalue weighted by Gasteiger charge is 2.21. The van der Waals surface area contributed by atoms with Crippen molar-refractivity contribution in [3.05, 3.63) is 34.9 Å². The number of nitriles is 1. The third-order valence-corrected chi connectivity index (χ3v) is 1.95. The average molecular weight is 191 g/mol. The fourth-order valence-electron chi connectivity index (χ4n) is 1.26. The number of benzene rings is 1. The molecule has 0 aliphatic heterocycles. The van der Waals surface area contributed by atoms with Crippen molar-refractivity contribution < 1.29 is 15.0 Å². The van der Waals surface area contributed by atoms with Crippen molar-refractivity contribution in [2.24, 2.45) is 0 Å². The van der Waals surface area contributed by atoms with Gasteiger partial charge in [0.25, 0.3) is 0 Å². The van der Waals surface area contributed by atoms with E-state index in [0.717, 1.165) is 0 Å². The molecule has 0 aliphatic carbocycles. The number of carboxylic acids is 1. The van der Waals surface area contributed by atoms with Gasteiger partial charge >= 0.3 is 5.97 Å². The van der Waals surface area contributed by atoms with Crippen LogP contribution in [0, 0.1) is 18.3 Å². The monoisotopic (exact) mass is 191 g/mol. The maximum absolute atomic E-state index is 10.6. The van der Waals surface area contributed by atoms with Crippen LogP contribution in [0.5, 0.6) is 0 Å². The van der Waals surface area contributed by atoms with Gasteiger partial charge in [0.05, 0.1) is 11.6 Å². The van der Waals surface area contributed by atoms with Crippen LogP contribution < -0.4 is 0 Å². The van der Waals surface area contributed by atoms with Gasteiger partial charge in [0.2, 0.25) is 0 Å². The highest BCUT2D eigenvalue weighted by molar-refractivity contribution is 5.75. The van der Waals surface area contributed by atoms with Gasteiger partial charge < -0.3 is 10.2 Å². The summed E-state index contributed by atoms with van der Waals surface area (Å²) < 4.78 is 0. The van der Waals surface area contributed by atoms with Crippen LogP contribution in [-0.2, 0) is 4.79 Å². The molecular formula is C10H9NO3. The molecule has 1 unspecified atom stereocenters. The second kappa shape index (κ2) is 3.90. The van der Waals surface area contributed by atoms with E-state index < -0.39 is 12.1 Å². The van der Waals surface area contributed by atoms with Crippen LogP contribution in [0.25, 0.3) is 0 Å². The van der Waals surface area contributed by atoms with Gasteiger partial charge in [-0.1, -0.05) is 12.1 Å². The Morgan fingerprint density at radius 3 is 2.71 bits per heavy atom. The number of nitrogens with zero attached hydrogens (tertiary/aromatic N) is 1. The summed E-state index contributed by atoms with van der Waals surface area (Å²) in [5.74, 6) is -1.35. The van der Waals surface area contributed by atoms with Gasteiger partial charge in [0.1, 0.15) is 0 Å². The standard InChI is InChI=1S/C10H9NO3/c1-6-3-2-4-7(5-11)8(6)9(12)10(13)14/h2-4,9,12H,1H3,(H,13,14). The molecule has 0 aromatic heterocycles. The largest absolute Gasteiger partial charge is 0.479 e. The summed E-state index contributed by atoms with van der Waals surface area (Å²) in [6.07, 6.45) is -1.63. The van der Waals surface area contributed by atoms with E-state index in [1.807, 2.05) is 6.07 Å². The lowest BCUT2D eigenvalue weighted by atomic mass is 9.98. The first-order valence-corrected chi connectivity index (χ1v) is 3.98. The van der Waals surface area contributed by atoms with Gasteiger partial charge in [-0.25, -0.2) is 4.79 Å². The molecule has 4 nitrogen and oxygen atoms in total. The van der Waals surface area contributed by atoms with Crippen molar-refractivity contribution in [2.45, 2.75) is 13.0 Å². The second-order valence-electron chi connectivity index (χ2n) is 2.89. The number of aliphatic hydroxyl groups is 1. The highest BCUT2D eigenvalue weighted by Crippen LogP contribution is 2.21. The van der Waals surface area contributed by atoms with Crippen LogP contribution in [0.15, 0.2) is 18.2 Å². The molecule has 0 fully saturated rings. The predicted molar refractivity (Wildman–Crippen MR) is 48.5 cm³/mol. The number of aliphatic hydroxyl groups excluding tert-OH is 1. The van der Waals surface area contributed by atoms with Crippen molar-refractivity contribution in [2.75, 3.05) is 0 Å². The summed E-state index contributed by atoms with van der Waals surface area (Å²) in [5, 5.41) is 26.7. The SMILES string of the molecule is Cc1cccc(C#N)c1C(O)C(=O)O. The minimum atomic E-state index is -1.63. The van der Waals surface area contributed by atoms with E-state index in [1.165, 1.54) is 6.07 Å². The summed E-state index contributed by atoms with van der Waals surface area (Å²) >= 11 is 0. The summed E-state index contributed by atoms with van der Waals surface area (Å²) in [5.41, 5.74) is 0.960. The molecule has 0 aliphatic rings. The summed E-state index contributed by atoms with van der Waals surface area (Å²) in [7, 11) is 0. The molecule has 0 spiro atoms. The van der Waals surface area contributed by atoms with E-state index in [2.05, 4.69) is 0 Å². The van der Waals surface area contributed by atoms with Crippen molar-refractivity contribution in [3.63, 3.8) is 0 Å². The number of aliphatic carboxylic acids is 1. The topological polar surface area (TPSA) is 81.3 Å². The molecule has 1 atom stereocenters. The minimum absolute atomic E-state index is 0.169. The van der Waals surface area contributed by atoms with Crippen molar-refractivity contribution in [3.8, 4) is 6.07 Å². The molecule has 1 aromatic carbocycles. The Labute approximate surface area is 81.0 Å². The number of aryl methyl sites for hydroxylation is 1.